The van der Waals surface area contributed by atoms with Gasteiger partial charge in [0.2, 0.25) is 0 Å². The Hall–Kier alpha value is -2.90. The maximum absolute atomic E-state index is 8.80. The van der Waals surface area contributed by atoms with E-state index in [9.17, 15) is 0 Å². The smallest absolute Gasteiger partial charge is 0.141 e. The molecule has 2 aliphatic rings. The first-order valence-electron chi connectivity index (χ1n) is 10.2. The minimum atomic E-state index is 0.314. The molecule has 7 heteroatoms. The fourth-order valence-corrected chi connectivity index (χ4v) is 5.24. The normalized spacial score (nSPS) is 22.2. The van der Waals surface area contributed by atoms with Crippen molar-refractivity contribution in [2.75, 3.05) is 17.6 Å². The molecule has 3 unspecified atom stereocenters. The van der Waals surface area contributed by atoms with Crippen LogP contribution in [-0.2, 0) is 0 Å². The minimum Gasteiger partial charge on any atom is -0.383 e. The number of nitrogens with zero attached hydrogens (tertiary/aromatic N) is 2. The Morgan fingerprint density at radius 3 is 2.50 bits per heavy atom. The van der Waals surface area contributed by atoms with Crippen molar-refractivity contribution in [3.63, 3.8) is 0 Å². The van der Waals surface area contributed by atoms with Crippen molar-refractivity contribution in [2.45, 2.75) is 34.7 Å². The van der Waals surface area contributed by atoms with Gasteiger partial charge in [-0.05, 0) is 49.6 Å². The van der Waals surface area contributed by atoms with Crippen LogP contribution >= 0.6 is 11.8 Å². The SMILES string of the molecule is N=C(c1ccc(Sc2ccccc2)cc1)c1c(N)ncnc1NC1CC2CNC1C2. The number of nitrogens with one attached hydrogen (secondary N) is 3. The summed E-state index contributed by atoms with van der Waals surface area (Å²) in [7, 11) is 0. The number of hydrogen-bond donors (Lipinski definition) is 4. The molecule has 0 amide bonds. The van der Waals surface area contributed by atoms with Gasteiger partial charge in [-0.3, -0.25) is 5.41 Å². The number of benzene rings is 2. The molecule has 1 aliphatic heterocycles. The van der Waals surface area contributed by atoms with Crippen molar-refractivity contribution in [2.24, 2.45) is 5.92 Å². The van der Waals surface area contributed by atoms with Gasteiger partial charge in [-0.1, -0.05) is 42.1 Å². The van der Waals surface area contributed by atoms with E-state index in [1.54, 1.807) is 11.8 Å². The van der Waals surface area contributed by atoms with E-state index < -0.39 is 0 Å². The third-order valence-corrected chi connectivity index (χ3v) is 6.92. The lowest BCUT2D eigenvalue weighted by Crippen LogP contribution is -2.41. The largest absolute Gasteiger partial charge is 0.383 e. The number of nitrogens with two attached hydrogens (primary N) is 1. The molecule has 2 bridgehead atoms. The lowest BCUT2D eigenvalue weighted by molar-refractivity contribution is 0.465. The third-order valence-electron chi connectivity index (χ3n) is 5.90. The van der Waals surface area contributed by atoms with Crippen LogP contribution in [0, 0.1) is 11.3 Å². The molecule has 3 atom stereocenters. The maximum Gasteiger partial charge on any atom is 0.141 e. The fraction of sp³-hybridized carbons (Fsp3) is 0.261. The molecule has 6 nitrogen and oxygen atoms in total. The zero-order valence-corrected chi connectivity index (χ0v) is 17.3. The molecule has 1 saturated heterocycles. The van der Waals surface area contributed by atoms with Gasteiger partial charge < -0.3 is 16.4 Å². The fourth-order valence-electron chi connectivity index (χ4n) is 4.40. The second-order valence-electron chi connectivity index (χ2n) is 7.90. The van der Waals surface area contributed by atoms with Crippen LogP contribution in [0.5, 0.6) is 0 Å². The summed E-state index contributed by atoms with van der Waals surface area (Å²) in [6, 6.07) is 19.0. The molecule has 2 aromatic carbocycles. The van der Waals surface area contributed by atoms with Crippen LogP contribution < -0.4 is 16.4 Å². The van der Waals surface area contributed by atoms with Gasteiger partial charge in [0.25, 0.3) is 0 Å². The molecule has 1 aliphatic carbocycles. The quantitative estimate of drug-likeness (QED) is 0.456. The summed E-state index contributed by atoms with van der Waals surface area (Å²) in [4.78, 5) is 10.9. The summed E-state index contributed by atoms with van der Waals surface area (Å²) in [5, 5.41) is 15.9. The van der Waals surface area contributed by atoms with Gasteiger partial charge in [-0.2, -0.15) is 0 Å². The van der Waals surface area contributed by atoms with Crippen LogP contribution in [0.2, 0.25) is 0 Å². The Kier molecular flexibility index (Phi) is 5.14. The average molecular weight is 417 g/mol. The molecule has 5 rings (SSSR count). The molecule has 0 radical (unpaired) electrons. The molecular formula is C23H24N6S. The number of anilines is 2. The molecule has 2 heterocycles. The van der Waals surface area contributed by atoms with E-state index in [-0.39, 0.29) is 0 Å². The van der Waals surface area contributed by atoms with Crippen molar-refractivity contribution in [1.82, 2.24) is 15.3 Å². The van der Waals surface area contributed by atoms with Gasteiger partial charge in [0, 0.05) is 27.4 Å². The number of rotatable bonds is 6. The van der Waals surface area contributed by atoms with Crippen LogP contribution in [0.15, 0.2) is 70.7 Å². The monoisotopic (exact) mass is 416 g/mol. The van der Waals surface area contributed by atoms with Gasteiger partial charge in [-0.25, -0.2) is 9.97 Å². The highest BCUT2D eigenvalue weighted by atomic mass is 32.2. The first-order valence-corrected chi connectivity index (χ1v) is 11.0. The van der Waals surface area contributed by atoms with Crippen LogP contribution in [0.25, 0.3) is 0 Å². The van der Waals surface area contributed by atoms with E-state index in [4.69, 9.17) is 11.1 Å². The van der Waals surface area contributed by atoms with E-state index in [0.29, 0.717) is 35.0 Å². The Morgan fingerprint density at radius 2 is 1.80 bits per heavy atom. The van der Waals surface area contributed by atoms with Gasteiger partial charge in [-0.15, -0.1) is 0 Å². The summed E-state index contributed by atoms with van der Waals surface area (Å²) in [5.74, 6) is 1.70. The van der Waals surface area contributed by atoms with E-state index in [1.807, 2.05) is 42.5 Å². The second-order valence-corrected chi connectivity index (χ2v) is 9.05. The number of piperidine rings is 1. The van der Waals surface area contributed by atoms with Crippen LogP contribution in [0.3, 0.4) is 0 Å². The molecule has 1 saturated carbocycles. The van der Waals surface area contributed by atoms with Crippen molar-refractivity contribution in [3.05, 3.63) is 72.1 Å². The Bertz CT molecular complexity index is 1050. The summed E-state index contributed by atoms with van der Waals surface area (Å²) >= 11 is 1.70. The number of fused-ring (bicyclic) bond motifs is 2. The predicted molar refractivity (Wildman–Crippen MR) is 121 cm³/mol. The van der Waals surface area contributed by atoms with Gasteiger partial charge in [0.1, 0.15) is 18.0 Å². The zero-order chi connectivity index (χ0) is 20.5. The highest BCUT2D eigenvalue weighted by molar-refractivity contribution is 7.99. The summed E-state index contributed by atoms with van der Waals surface area (Å²) in [6.45, 7) is 1.10. The van der Waals surface area contributed by atoms with Gasteiger partial charge in [0.05, 0.1) is 11.3 Å². The van der Waals surface area contributed by atoms with Crippen molar-refractivity contribution in [3.8, 4) is 0 Å². The molecular weight excluding hydrogens is 392 g/mol. The van der Waals surface area contributed by atoms with E-state index in [1.165, 1.54) is 17.6 Å². The summed E-state index contributed by atoms with van der Waals surface area (Å²) < 4.78 is 0. The highest BCUT2D eigenvalue weighted by Crippen LogP contribution is 2.34. The Labute approximate surface area is 180 Å². The maximum atomic E-state index is 8.80. The number of hydrogen-bond acceptors (Lipinski definition) is 7. The van der Waals surface area contributed by atoms with Gasteiger partial charge >= 0.3 is 0 Å². The van der Waals surface area contributed by atoms with Crippen LogP contribution in [0.1, 0.15) is 24.0 Å². The molecule has 0 spiro atoms. The molecule has 1 aromatic heterocycles. The zero-order valence-electron chi connectivity index (χ0n) is 16.5. The number of nitrogen functional groups attached to an aromatic ring is 1. The third kappa shape index (κ3) is 3.78. The standard InChI is InChI=1S/C23H24N6S/c24-21(15-6-8-17(9-7-15)30-16-4-2-1-3-5-16)20-22(25)27-13-28-23(20)29-19-11-14-10-18(19)26-12-14/h1-9,13-14,18-19,24,26H,10-12H2,(H3,25,27,28,29). The average Bonchev–Trinajstić information content (AvgIpc) is 3.38. The molecule has 2 fully saturated rings. The Morgan fingerprint density at radius 1 is 1.03 bits per heavy atom. The van der Waals surface area contributed by atoms with Gasteiger partial charge in [0.15, 0.2) is 0 Å². The van der Waals surface area contributed by atoms with Crippen LogP contribution in [-0.4, -0.2) is 34.3 Å². The summed E-state index contributed by atoms with van der Waals surface area (Å²) in [6.07, 6.45) is 3.79. The Balaban J connectivity index is 1.36. The molecule has 30 heavy (non-hydrogen) atoms. The van der Waals surface area contributed by atoms with Crippen molar-refractivity contribution in [1.29, 1.82) is 5.41 Å². The first-order chi connectivity index (χ1) is 14.7. The predicted octanol–water partition coefficient (Wildman–Crippen LogP) is 3.79. The van der Waals surface area contributed by atoms with E-state index in [0.717, 1.165) is 29.3 Å². The lowest BCUT2D eigenvalue weighted by Gasteiger charge is -2.25. The van der Waals surface area contributed by atoms with Crippen molar-refractivity contribution < 1.29 is 0 Å². The first kappa shape index (κ1) is 19.1. The van der Waals surface area contributed by atoms with E-state index in [2.05, 4.69) is 32.7 Å². The second kappa shape index (κ2) is 8.08. The molecule has 3 aromatic rings. The molecule has 152 valence electrons. The topological polar surface area (TPSA) is 99.7 Å². The number of aromatic nitrogens is 2. The summed E-state index contributed by atoms with van der Waals surface area (Å²) in [5.41, 5.74) is 7.89. The highest BCUT2D eigenvalue weighted by Gasteiger charge is 2.39. The minimum absolute atomic E-state index is 0.314. The molecule has 5 N–H and O–H groups in total. The lowest BCUT2D eigenvalue weighted by atomic mass is 10.0. The van der Waals surface area contributed by atoms with Crippen LogP contribution in [0.4, 0.5) is 11.6 Å². The van der Waals surface area contributed by atoms with Crippen molar-refractivity contribution >= 4 is 29.1 Å². The van der Waals surface area contributed by atoms with E-state index >= 15 is 0 Å².